The zero-order valence-electron chi connectivity index (χ0n) is 9.86. The van der Waals surface area contributed by atoms with Gasteiger partial charge >= 0.3 is 0 Å². The molecule has 0 bridgehead atoms. The highest BCUT2D eigenvalue weighted by molar-refractivity contribution is 5.83. The molecule has 1 rings (SSSR count). The van der Waals surface area contributed by atoms with Crippen LogP contribution >= 0.6 is 0 Å². The molecule has 0 radical (unpaired) electrons. The van der Waals surface area contributed by atoms with Crippen LogP contribution in [0.5, 0.6) is 0 Å². The third kappa shape index (κ3) is 3.69. The molecule has 0 saturated carbocycles. The van der Waals surface area contributed by atoms with Gasteiger partial charge in [0.25, 0.3) is 6.43 Å². The molecule has 0 aromatic heterocycles. The molecule has 0 saturated heterocycles. The average Bonchev–Trinajstić information content (AvgIpc) is 2.26. The van der Waals surface area contributed by atoms with Crippen LogP contribution in [0.15, 0.2) is 24.3 Å². The molecule has 0 heterocycles. The zero-order valence-corrected chi connectivity index (χ0v) is 9.86. The first-order valence-electron chi connectivity index (χ1n) is 5.30. The summed E-state index contributed by atoms with van der Waals surface area (Å²) >= 11 is 0. The van der Waals surface area contributed by atoms with Gasteiger partial charge in [-0.05, 0) is 24.6 Å². The highest BCUT2D eigenvalue weighted by Gasteiger charge is 2.21. The minimum absolute atomic E-state index is 0.337. The number of rotatable bonds is 4. The number of nitrogens with zero attached hydrogens (tertiary/aromatic N) is 1. The Morgan fingerprint density at radius 2 is 2.12 bits per heavy atom. The number of anilines is 1. The smallest absolute Gasteiger partial charge is 0.255 e. The standard InChI is InChI=1S/C12H16F2N2O/c1-8(9-4-3-5-10(15)6-9)12(17)16(2)7-11(13)14/h3-6,8,11H,7,15H2,1-2H3. The Hall–Kier alpha value is -1.65. The highest BCUT2D eigenvalue weighted by atomic mass is 19.3. The second kappa shape index (κ2) is 5.61. The van der Waals surface area contributed by atoms with Crippen molar-refractivity contribution in [1.29, 1.82) is 0 Å². The Bertz CT molecular complexity index is 396. The van der Waals surface area contributed by atoms with E-state index in [4.69, 9.17) is 5.73 Å². The van der Waals surface area contributed by atoms with E-state index in [0.29, 0.717) is 5.69 Å². The third-order valence-corrected chi connectivity index (χ3v) is 2.57. The molecule has 1 amide bonds. The molecule has 1 atom stereocenters. The first-order chi connectivity index (χ1) is 7.91. The quantitative estimate of drug-likeness (QED) is 0.822. The van der Waals surface area contributed by atoms with Crippen molar-refractivity contribution in [1.82, 2.24) is 4.90 Å². The van der Waals surface area contributed by atoms with Crippen LogP contribution in [-0.4, -0.2) is 30.8 Å². The number of alkyl halides is 2. The molecule has 0 aliphatic rings. The predicted octanol–water partition coefficient (Wildman–Crippen LogP) is 2.10. The van der Waals surface area contributed by atoms with Crippen LogP contribution in [-0.2, 0) is 4.79 Å². The molecule has 1 aromatic carbocycles. The Balaban J connectivity index is 2.76. The third-order valence-electron chi connectivity index (χ3n) is 2.57. The van der Waals surface area contributed by atoms with Gasteiger partial charge in [-0.25, -0.2) is 8.78 Å². The number of nitrogen functional groups attached to an aromatic ring is 1. The number of hydrogen-bond donors (Lipinski definition) is 1. The van der Waals surface area contributed by atoms with E-state index in [1.165, 1.54) is 7.05 Å². The molecular formula is C12H16F2N2O. The number of nitrogens with two attached hydrogens (primary N) is 1. The van der Waals surface area contributed by atoms with Gasteiger partial charge in [0, 0.05) is 12.7 Å². The van der Waals surface area contributed by atoms with Crippen molar-refractivity contribution in [2.75, 3.05) is 19.3 Å². The second-order valence-corrected chi connectivity index (χ2v) is 4.00. The van der Waals surface area contributed by atoms with Gasteiger partial charge in [0.15, 0.2) is 0 Å². The van der Waals surface area contributed by atoms with Gasteiger partial charge < -0.3 is 10.6 Å². The van der Waals surface area contributed by atoms with Gasteiger partial charge in [0.2, 0.25) is 5.91 Å². The van der Waals surface area contributed by atoms with Crippen molar-refractivity contribution in [3.05, 3.63) is 29.8 Å². The van der Waals surface area contributed by atoms with E-state index >= 15 is 0 Å². The summed E-state index contributed by atoms with van der Waals surface area (Å²) in [6.45, 7) is 1.13. The number of halogens is 2. The number of carbonyl (C=O) groups excluding carboxylic acids is 1. The maximum atomic E-state index is 12.2. The van der Waals surface area contributed by atoms with Crippen LogP contribution in [0.2, 0.25) is 0 Å². The lowest BCUT2D eigenvalue weighted by atomic mass is 9.99. The first kappa shape index (κ1) is 13.4. The van der Waals surface area contributed by atoms with Gasteiger partial charge in [-0.2, -0.15) is 0 Å². The minimum atomic E-state index is -2.52. The van der Waals surface area contributed by atoms with Crippen LogP contribution in [0.3, 0.4) is 0 Å². The summed E-state index contributed by atoms with van der Waals surface area (Å²) in [4.78, 5) is 12.9. The van der Waals surface area contributed by atoms with Crippen LogP contribution in [0.4, 0.5) is 14.5 Å². The fourth-order valence-electron chi connectivity index (χ4n) is 1.60. The topological polar surface area (TPSA) is 46.3 Å². The van der Waals surface area contributed by atoms with Gasteiger partial charge in [-0.3, -0.25) is 4.79 Å². The molecular weight excluding hydrogens is 226 g/mol. The summed E-state index contributed by atoms with van der Waals surface area (Å²) in [5.41, 5.74) is 6.90. The van der Waals surface area contributed by atoms with Crippen LogP contribution in [0, 0.1) is 0 Å². The van der Waals surface area contributed by atoms with E-state index in [1.54, 1.807) is 31.2 Å². The van der Waals surface area contributed by atoms with E-state index in [9.17, 15) is 13.6 Å². The number of amides is 1. The summed E-state index contributed by atoms with van der Waals surface area (Å²) in [5.74, 6) is -0.807. The number of benzene rings is 1. The van der Waals surface area contributed by atoms with Crippen LogP contribution in [0.1, 0.15) is 18.4 Å². The second-order valence-electron chi connectivity index (χ2n) is 4.00. The SMILES string of the molecule is CC(C(=O)N(C)CC(F)F)c1cccc(N)c1. The van der Waals surface area contributed by atoms with Gasteiger partial charge in [-0.1, -0.05) is 12.1 Å². The van der Waals surface area contributed by atoms with Gasteiger partial charge in [0.05, 0.1) is 12.5 Å². The van der Waals surface area contributed by atoms with Gasteiger partial charge in [-0.15, -0.1) is 0 Å². The molecule has 2 N–H and O–H groups in total. The monoisotopic (exact) mass is 242 g/mol. The number of likely N-dealkylation sites (N-methyl/N-ethyl adjacent to an activating group) is 1. The first-order valence-corrected chi connectivity index (χ1v) is 5.30. The maximum absolute atomic E-state index is 12.2. The van der Waals surface area contributed by atoms with E-state index in [1.807, 2.05) is 0 Å². The van der Waals surface area contributed by atoms with Crippen molar-refractivity contribution in [2.24, 2.45) is 0 Å². The summed E-state index contributed by atoms with van der Waals surface area (Å²) < 4.78 is 24.3. The summed E-state index contributed by atoms with van der Waals surface area (Å²) in [6.07, 6.45) is -2.52. The van der Waals surface area contributed by atoms with Crippen LogP contribution in [0.25, 0.3) is 0 Å². The summed E-state index contributed by atoms with van der Waals surface area (Å²) in [7, 11) is 1.37. The highest BCUT2D eigenvalue weighted by Crippen LogP contribution is 2.19. The lowest BCUT2D eigenvalue weighted by Gasteiger charge is -2.21. The number of hydrogen-bond acceptors (Lipinski definition) is 2. The molecule has 0 aliphatic carbocycles. The molecule has 5 heteroatoms. The normalized spacial score (nSPS) is 12.5. The van der Waals surface area contributed by atoms with Crippen LogP contribution < -0.4 is 5.73 Å². The average molecular weight is 242 g/mol. The van der Waals surface area contributed by atoms with Crippen molar-refractivity contribution in [3.8, 4) is 0 Å². The molecule has 0 spiro atoms. The largest absolute Gasteiger partial charge is 0.399 e. The van der Waals surface area contributed by atoms with Crippen molar-refractivity contribution in [3.63, 3.8) is 0 Å². The Labute approximate surface area is 99.2 Å². The van der Waals surface area contributed by atoms with E-state index in [0.717, 1.165) is 10.5 Å². The molecule has 17 heavy (non-hydrogen) atoms. The minimum Gasteiger partial charge on any atom is -0.399 e. The maximum Gasteiger partial charge on any atom is 0.255 e. The number of carbonyl (C=O) groups is 1. The molecule has 1 aromatic rings. The predicted molar refractivity (Wildman–Crippen MR) is 62.9 cm³/mol. The molecule has 0 fully saturated rings. The van der Waals surface area contributed by atoms with Crippen molar-refractivity contribution in [2.45, 2.75) is 19.3 Å². The van der Waals surface area contributed by atoms with E-state index in [-0.39, 0.29) is 5.91 Å². The lowest BCUT2D eigenvalue weighted by molar-refractivity contribution is -0.132. The van der Waals surface area contributed by atoms with E-state index < -0.39 is 18.9 Å². The molecule has 94 valence electrons. The van der Waals surface area contributed by atoms with Crippen molar-refractivity contribution >= 4 is 11.6 Å². The Morgan fingerprint density at radius 1 is 1.47 bits per heavy atom. The molecule has 3 nitrogen and oxygen atoms in total. The molecule has 0 aliphatic heterocycles. The Kier molecular flexibility index (Phi) is 4.43. The van der Waals surface area contributed by atoms with E-state index in [2.05, 4.69) is 0 Å². The molecule has 1 unspecified atom stereocenters. The summed E-state index contributed by atoms with van der Waals surface area (Å²) in [6, 6.07) is 6.89. The summed E-state index contributed by atoms with van der Waals surface area (Å²) in [5, 5.41) is 0. The zero-order chi connectivity index (χ0) is 13.0. The Morgan fingerprint density at radius 3 is 2.65 bits per heavy atom. The van der Waals surface area contributed by atoms with Gasteiger partial charge in [0.1, 0.15) is 0 Å². The lowest BCUT2D eigenvalue weighted by Crippen LogP contribution is -2.34. The fourth-order valence-corrected chi connectivity index (χ4v) is 1.60. The van der Waals surface area contributed by atoms with Crippen molar-refractivity contribution < 1.29 is 13.6 Å². The fraction of sp³-hybridized carbons (Fsp3) is 0.417.